The molecule has 2 N–H and O–H groups in total. The van der Waals surface area contributed by atoms with Gasteiger partial charge in [0.05, 0.1) is 6.26 Å². The number of halogens is 1. The van der Waals surface area contributed by atoms with Crippen LogP contribution >= 0.6 is 24.0 Å². The second-order valence-electron chi connectivity index (χ2n) is 6.18. The molecule has 0 aliphatic carbocycles. The van der Waals surface area contributed by atoms with Crippen LogP contribution in [0.5, 0.6) is 0 Å². The topological polar surface area (TPSA) is 52.8 Å². The average molecular weight is 470 g/mol. The van der Waals surface area contributed by atoms with E-state index in [0.717, 1.165) is 50.6 Å². The predicted molar refractivity (Wildman–Crippen MR) is 121 cm³/mol. The van der Waals surface area contributed by atoms with Gasteiger partial charge in [0.25, 0.3) is 0 Å². The molecular weight excluding hydrogens is 439 g/mol. The number of nitrogens with zero attached hydrogens (tertiary/aromatic N) is 2. The Morgan fingerprint density at radius 2 is 1.85 bits per heavy atom. The van der Waals surface area contributed by atoms with Gasteiger partial charge in [0.1, 0.15) is 5.76 Å². The van der Waals surface area contributed by atoms with Crippen LogP contribution in [0.15, 0.2) is 52.1 Å². The van der Waals surface area contributed by atoms with Crippen molar-refractivity contribution in [1.29, 1.82) is 0 Å². The number of aliphatic imine (C=N–C) groups is 1. The molecule has 0 saturated carbocycles. The van der Waals surface area contributed by atoms with Crippen LogP contribution in [0.3, 0.4) is 0 Å². The highest BCUT2D eigenvalue weighted by molar-refractivity contribution is 14.0. The molecule has 5 nitrogen and oxygen atoms in total. The summed E-state index contributed by atoms with van der Waals surface area (Å²) in [6, 6.07) is 12.6. The molecule has 26 heavy (non-hydrogen) atoms. The van der Waals surface area contributed by atoms with Gasteiger partial charge in [0.2, 0.25) is 0 Å². The summed E-state index contributed by atoms with van der Waals surface area (Å²) in [5, 5.41) is 6.63. The first-order chi connectivity index (χ1) is 12.2. The monoisotopic (exact) mass is 470 g/mol. The van der Waals surface area contributed by atoms with Crippen molar-refractivity contribution in [3.05, 3.63) is 54.0 Å². The summed E-state index contributed by atoms with van der Waals surface area (Å²) in [7, 11) is 4.12. The molecule has 6 heteroatoms. The lowest BCUT2D eigenvalue weighted by Crippen LogP contribution is -2.38. The first-order valence-electron chi connectivity index (χ1n) is 9.00. The van der Waals surface area contributed by atoms with E-state index in [1.807, 2.05) is 12.1 Å². The fourth-order valence-electron chi connectivity index (χ4n) is 2.54. The van der Waals surface area contributed by atoms with Crippen LogP contribution in [0.2, 0.25) is 0 Å². The summed E-state index contributed by atoms with van der Waals surface area (Å²) in [4.78, 5) is 6.76. The van der Waals surface area contributed by atoms with Gasteiger partial charge in [-0.1, -0.05) is 12.1 Å². The fraction of sp³-hybridized carbons (Fsp3) is 0.450. The van der Waals surface area contributed by atoms with Crippen molar-refractivity contribution in [3.63, 3.8) is 0 Å². The quantitative estimate of drug-likeness (QED) is 0.254. The molecule has 0 atom stereocenters. The van der Waals surface area contributed by atoms with Crippen LogP contribution in [-0.2, 0) is 12.8 Å². The summed E-state index contributed by atoms with van der Waals surface area (Å²) >= 11 is 0. The molecule has 0 amide bonds. The summed E-state index contributed by atoms with van der Waals surface area (Å²) < 4.78 is 5.34. The Kier molecular flexibility index (Phi) is 10.8. The highest BCUT2D eigenvalue weighted by Crippen LogP contribution is 2.13. The highest BCUT2D eigenvalue weighted by atomic mass is 127. The van der Waals surface area contributed by atoms with Crippen molar-refractivity contribution >= 4 is 35.6 Å². The normalized spacial score (nSPS) is 11.0. The number of nitrogens with one attached hydrogen (secondary N) is 2. The molecule has 0 radical (unpaired) electrons. The van der Waals surface area contributed by atoms with E-state index in [2.05, 4.69) is 65.8 Å². The van der Waals surface area contributed by atoms with E-state index in [1.54, 1.807) is 6.26 Å². The van der Waals surface area contributed by atoms with Crippen LogP contribution in [-0.4, -0.2) is 39.7 Å². The molecule has 0 aliphatic heterocycles. The summed E-state index contributed by atoms with van der Waals surface area (Å²) in [5.41, 5.74) is 2.59. The van der Waals surface area contributed by atoms with Crippen molar-refractivity contribution in [2.45, 2.75) is 26.2 Å². The van der Waals surface area contributed by atoms with Crippen molar-refractivity contribution < 1.29 is 4.42 Å². The standard InChI is InChI=1S/C20H30N4O.HI/c1-4-21-20(23-15-13-19-8-6-16-25-19)22-14-5-7-17-9-11-18(12-10-17)24(2)3;/h6,8-12,16H,4-5,7,13-15H2,1-3H3,(H2,21,22,23);1H. The number of furan rings is 1. The van der Waals surface area contributed by atoms with E-state index in [4.69, 9.17) is 4.42 Å². The molecule has 0 aliphatic rings. The van der Waals surface area contributed by atoms with Crippen LogP contribution < -0.4 is 15.5 Å². The van der Waals surface area contributed by atoms with E-state index in [0.29, 0.717) is 0 Å². The van der Waals surface area contributed by atoms with Gasteiger partial charge in [-0.3, -0.25) is 4.99 Å². The van der Waals surface area contributed by atoms with Gasteiger partial charge in [-0.25, -0.2) is 0 Å². The molecule has 144 valence electrons. The SMILES string of the molecule is CCNC(=NCCCc1ccc(N(C)C)cc1)NCCc1ccco1.I. The van der Waals surface area contributed by atoms with Crippen molar-refractivity contribution in [2.24, 2.45) is 4.99 Å². The molecule has 0 spiro atoms. The Labute approximate surface area is 174 Å². The maximum absolute atomic E-state index is 5.34. The third kappa shape index (κ3) is 8.12. The van der Waals surface area contributed by atoms with Crippen molar-refractivity contribution in [2.75, 3.05) is 38.6 Å². The average Bonchev–Trinajstić information content (AvgIpc) is 3.12. The molecule has 1 aromatic heterocycles. The minimum absolute atomic E-state index is 0. The molecule has 2 rings (SSSR count). The zero-order chi connectivity index (χ0) is 17.9. The van der Waals surface area contributed by atoms with Gasteiger partial charge in [0, 0.05) is 45.8 Å². The molecule has 1 aromatic carbocycles. The Balaban J connectivity index is 0.00000338. The van der Waals surface area contributed by atoms with Crippen molar-refractivity contribution in [3.8, 4) is 0 Å². The lowest BCUT2D eigenvalue weighted by atomic mass is 10.1. The minimum Gasteiger partial charge on any atom is -0.469 e. The molecule has 0 bridgehead atoms. The second kappa shape index (κ2) is 12.6. The lowest BCUT2D eigenvalue weighted by molar-refractivity contribution is 0.507. The van der Waals surface area contributed by atoms with E-state index in [9.17, 15) is 0 Å². The van der Waals surface area contributed by atoms with Crippen LogP contribution in [0.25, 0.3) is 0 Å². The number of aryl methyl sites for hydroxylation is 1. The first-order valence-corrected chi connectivity index (χ1v) is 9.00. The lowest BCUT2D eigenvalue weighted by Gasteiger charge is -2.12. The Morgan fingerprint density at radius 1 is 1.08 bits per heavy atom. The zero-order valence-electron chi connectivity index (χ0n) is 16.0. The summed E-state index contributed by atoms with van der Waals surface area (Å²) in [6.07, 6.45) is 4.65. The van der Waals surface area contributed by atoms with Crippen molar-refractivity contribution in [1.82, 2.24) is 10.6 Å². The van der Waals surface area contributed by atoms with Crippen LogP contribution in [0, 0.1) is 0 Å². The number of hydrogen-bond acceptors (Lipinski definition) is 3. The Bertz CT molecular complexity index is 624. The number of rotatable bonds is 9. The molecule has 2 aromatic rings. The molecule has 0 fully saturated rings. The van der Waals surface area contributed by atoms with Gasteiger partial charge in [-0.15, -0.1) is 24.0 Å². The van der Waals surface area contributed by atoms with Gasteiger partial charge >= 0.3 is 0 Å². The third-order valence-electron chi connectivity index (χ3n) is 3.93. The number of guanidine groups is 1. The first kappa shape index (κ1) is 22.3. The molecule has 0 unspecified atom stereocenters. The third-order valence-corrected chi connectivity index (χ3v) is 3.93. The van der Waals surface area contributed by atoms with Crippen LogP contribution in [0.1, 0.15) is 24.7 Å². The molecule has 1 heterocycles. The number of anilines is 1. The highest BCUT2D eigenvalue weighted by Gasteiger charge is 2.00. The minimum atomic E-state index is 0. The summed E-state index contributed by atoms with van der Waals surface area (Å²) in [5.74, 6) is 1.86. The van der Waals surface area contributed by atoms with Gasteiger partial charge in [-0.2, -0.15) is 0 Å². The van der Waals surface area contributed by atoms with E-state index >= 15 is 0 Å². The Hall–Kier alpha value is -1.70. The zero-order valence-corrected chi connectivity index (χ0v) is 18.3. The van der Waals surface area contributed by atoms with Gasteiger partial charge in [0.15, 0.2) is 5.96 Å². The largest absolute Gasteiger partial charge is 0.469 e. The van der Waals surface area contributed by atoms with E-state index < -0.39 is 0 Å². The molecule has 0 saturated heterocycles. The van der Waals surface area contributed by atoms with E-state index in [1.165, 1.54) is 11.3 Å². The fourth-order valence-corrected chi connectivity index (χ4v) is 2.54. The smallest absolute Gasteiger partial charge is 0.191 e. The predicted octanol–water partition coefficient (Wildman–Crippen LogP) is 3.69. The summed E-state index contributed by atoms with van der Waals surface area (Å²) in [6.45, 7) is 4.56. The maximum atomic E-state index is 5.34. The number of benzene rings is 1. The van der Waals surface area contributed by atoms with E-state index in [-0.39, 0.29) is 24.0 Å². The van der Waals surface area contributed by atoms with Gasteiger partial charge < -0.3 is 20.0 Å². The number of hydrogen-bond donors (Lipinski definition) is 2. The maximum Gasteiger partial charge on any atom is 0.191 e. The van der Waals surface area contributed by atoms with Crippen LogP contribution in [0.4, 0.5) is 5.69 Å². The molecular formula is C20H31IN4O. The second-order valence-corrected chi connectivity index (χ2v) is 6.18. The Morgan fingerprint density at radius 3 is 2.46 bits per heavy atom. The van der Waals surface area contributed by atoms with Gasteiger partial charge in [-0.05, 0) is 49.6 Å².